The zero-order valence-corrected chi connectivity index (χ0v) is 16.6. The number of aromatic nitrogens is 2. The summed E-state index contributed by atoms with van der Waals surface area (Å²) in [6.45, 7) is 7.90. The summed E-state index contributed by atoms with van der Waals surface area (Å²) in [6, 6.07) is 11.7. The fourth-order valence-corrected chi connectivity index (χ4v) is 4.07. The number of benzene rings is 1. The van der Waals surface area contributed by atoms with Crippen LogP contribution in [0.25, 0.3) is 11.1 Å². The summed E-state index contributed by atoms with van der Waals surface area (Å²) in [5.74, 6) is 0. The van der Waals surface area contributed by atoms with Crippen LogP contribution in [0.4, 0.5) is 0 Å². The van der Waals surface area contributed by atoms with Gasteiger partial charge < -0.3 is 9.67 Å². The fraction of sp³-hybridized carbons (Fsp3) is 0.286. The van der Waals surface area contributed by atoms with Gasteiger partial charge in [-0.05, 0) is 45.4 Å². The number of nitrogens with zero attached hydrogens (tertiary/aromatic N) is 4. The Balaban J connectivity index is 2.05. The molecule has 0 saturated heterocycles. The van der Waals surface area contributed by atoms with Crippen LogP contribution in [-0.4, -0.2) is 14.7 Å². The van der Waals surface area contributed by atoms with Crippen LogP contribution in [0.2, 0.25) is 0 Å². The van der Waals surface area contributed by atoms with Gasteiger partial charge in [-0.3, -0.25) is 0 Å². The monoisotopic (exact) mass is 376 g/mol. The van der Waals surface area contributed by atoms with E-state index in [1.807, 2.05) is 31.4 Å². The van der Waals surface area contributed by atoms with Crippen molar-refractivity contribution in [1.29, 1.82) is 10.5 Å². The molecule has 1 N–H and O–H groups in total. The lowest BCUT2D eigenvalue weighted by Crippen LogP contribution is -2.16. The van der Waals surface area contributed by atoms with Gasteiger partial charge in [-0.15, -0.1) is 11.3 Å². The number of rotatable bonds is 4. The van der Waals surface area contributed by atoms with Crippen LogP contribution < -0.4 is 0 Å². The van der Waals surface area contributed by atoms with Gasteiger partial charge in [0, 0.05) is 22.3 Å². The maximum absolute atomic E-state index is 10.1. The third-order valence-corrected chi connectivity index (χ3v) is 5.50. The van der Waals surface area contributed by atoms with Crippen molar-refractivity contribution in [3.63, 3.8) is 0 Å². The summed E-state index contributed by atoms with van der Waals surface area (Å²) >= 11 is 1.50. The Morgan fingerprint density at radius 2 is 1.78 bits per heavy atom. The molecular formula is C21H20N4OS. The van der Waals surface area contributed by atoms with E-state index in [9.17, 15) is 10.4 Å². The van der Waals surface area contributed by atoms with Crippen molar-refractivity contribution >= 4 is 11.3 Å². The molecule has 27 heavy (non-hydrogen) atoms. The number of aliphatic hydroxyl groups is 1. The first kappa shape index (κ1) is 18.8. The average Bonchev–Trinajstić information content (AvgIpc) is 3.20. The van der Waals surface area contributed by atoms with Gasteiger partial charge in [0.05, 0.1) is 29.4 Å². The Morgan fingerprint density at radius 1 is 1.11 bits per heavy atom. The predicted molar refractivity (Wildman–Crippen MR) is 105 cm³/mol. The van der Waals surface area contributed by atoms with Gasteiger partial charge in [0.1, 0.15) is 16.7 Å². The Morgan fingerprint density at radius 3 is 2.30 bits per heavy atom. The lowest BCUT2D eigenvalue weighted by molar-refractivity contribution is 0.0743. The highest BCUT2D eigenvalue weighted by Crippen LogP contribution is 2.33. The molecule has 1 aromatic carbocycles. The summed E-state index contributed by atoms with van der Waals surface area (Å²) in [6.07, 6.45) is 0. The summed E-state index contributed by atoms with van der Waals surface area (Å²) in [4.78, 5) is 4.55. The van der Waals surface area contributed by atoms with E-state index in [1.54, 1.807) is 26.0 Å². The molecule has 0 saturated carbocycles. The van der Waals surface area contributed by atoms with Crippen molar-refractivity contribution in [2.24, 2.45) is 0 Å². The van der Waals surface area contributed by atoms with E-state index in [-0.39, 0.29) is 0 Å². The lowest BCUT2D eigenvalue weighted by atomic mass is 10.0. The topological polar surface area (TPSA) is 85.6 Å². The van der Waals surface area contributed by atoms with E-state index in [0.29, 0.717) is 23.4 Å². The molecule has 0 bridgehead atoms. The van der Waals surface area contributed by atoms with Crippen molar-refractivity contribution in [2.75, 3.05) is 0 Å². The number of nitriles is 2. The molecule has 5 nitrogen and oxygen atoms in total. The molecule has 6 heteroatoms. The minimum atomic E-state index is -0.971. The van der Waals surface area contributed by atoms with Crippen molar-refractivity contribution < 1.29 is 5.11 Å². The van der Waals surface area contributed by atoms with Crippen LogP contribution in [0.5, 0.6) is 0 Å². The SMILES string of the molecule is Cc1c(C#N)c(-c2ccc(C#N)cc2)c(C)n1Cc1nc(C(C)(C)O)cs1. The smallest absolute Gasteiger partial charge is 0.113 e. The van der Waals surface area contributed by atoms with Crippen LogP contribution in [0, 0.1) is 36.5 Å². The van der Waals surface area contributed by atoms with Gasteiger partial charge in [0.2, 0.25) is 0 Å². The molecule has 0 aliphatic carbocycles. The van der Waals surface area contributed by atoms with Gasteiger partial charge in [-0.2, -0.15) is 10.5 Å². The molecular weight excluding hydrogens is 356 g/mol. The molecule has 0 atom stereocenters. The number of hydrogen-bond donors (Lipinski definition) is 1. The van der Waals surface area contributed by atoms with Gasteiger partial charge in [0.15, 0.2) is 0 Å². The van der Waals surface area contributed by atoms with E-state index >= 15 is 0 Å². The maximum atomic E-state index is 10.1. The van der Waals surface area contributed by atoms with Crippen molar-refractivity contribution in [2.45, 2.75) is 39.8 Å². The molecule has 0 amide bonds. The molecule has 136 valence electrons. The highest BCUT2D eigenvalue weighted by molar-refractivity contribution is 7.09. The zero-order chi connectivity index (χ0) is 19.8. The summed E-state index contributed by atoms with van der Waals surface area (Å²) in [5.41, 5.74) is 4.58. The molecule has 0 fully saturated rings. The Bertz CT molecular complexity index is 1070. The molecule has 0 radical (unpaired) electrons. The van der Waals surface area contributed by atoms with Crippen molar-refractivity contribution in [3.8, 4) is 23.3 Å². The molecule has 0 aliphatic heterocycles. The van der Waals surface area contributed by atoms with Crippen molar-refractivity contribution in [1.82, 2.24) is 9.55 Å². The van der Waals surface area contributed by atoms with E-state index < -0.39 is 5.60 Å². The minimum absolute atomic E-state index is 0.545. The average molecular weight is 376 g/mol. The zero-order valence-electron chi connectivity index (χ0n) is 15.7. The second kappa shape index (κ2) is 7.00. The standard InChI is InChI=1S/C21H20N4OS/c1-13-17(10-23)20(16-7-5-15(9-22)6-8-16)14(2)25(13)11-19-24-18(12-27-19)21(3,4)26/h5-8,12,26H,11H2,1-4H3. The largest absolute Gasteiger partial charge is 0.384 e. The molecule has 2 heterocycles. The van der Waals surface area contributed by atoms with Crippen LogP contribution in [-0.2, 0) is 12.1 Å². The quantitative estimate of drug-likeness (QED) is 0.738. The molecule has 2 aromatic heterocycles. The molecule has 0 aliphatic rings. The van der Waals surface area contributed by atoms with Crippen molar-refractivity contribution in [3.05, 3.63) is 62.9 Å². The molecule has 3 rings (SSSR count). The minimum Gasteiger partial charge on any atom is -0.384 e. The number of thiazole rings is 1. The molecule has 0 unspecified atom stereocenters. The van der Waals surface area contributed by atoms with Crippen LogP contribution in [0.3, 0.4) is 0 Å². The summed E-state index contributed by atoms with van der Waals surface area (Å²) in [5, 5.41) is 31.6. The van der Waals surface area contributed by atoms with E-state index in [1.165, 1.54) is 11.3 Å². The van der Waals surface area contributed by atoms with E-state index in [0.717, 1.165) is 27.5 Å². The second-order valence-electron chi connectivity index (χ2n) is 6.99. The van der Waals surface area contributed by atoms with Gasteiger partial charge in [-0.1, -0.05) is 12.1 Å². The van der Waals surface area contributed by atoms with Crippen LogP contribution in [0.1, 0.15) is 47.1 Å². The predicted octanol–water partition coefficient (Wildman–Crippen LogP) is 4.25. The first-order chi connectivity index (χ1) is 12.8. The third kappa shape index (κ3) is 3.50. The maximum Gasteiger partial charge on any atom is 0.113 e. The Kier molecular flexibility index (Phi) is 4.89. The summed E-state index contributed by atoms with van der Waals surface area (Å²) < 4.78 is 2.08. The highest BCUT2D eigenvalue weighted by atomic mass is 32.1. The molecule has 0 spiro atoms. The highest BCUT2D eigenvalue weighted by Gasteiger charge is 2.22. The fourth-order valence-electron chi connectivity index (χ4n) is 3.12. The Labute approximate surface area is 162 Å². The normalized spacial score (nSPS) is 11.2. The van der Waals surface area contributed by atoms with Gasteiger partial charge in [0.25, 0.3) is 0 Å². The number of hydrogen-bond acceptors (Lipinski definition) is 5. The summed E-state index contributed by atoms with van der Waals surface area (Å²) in [7, 11) is 0. The van der Waals surface area contributed by atoms with Crippen LogP contribution in [0.15, 0.2) is 29.6 Å². The van der Waals surface area contributed by atoms with E-state index in [4.69, 9.17) is 5.26 Å². The first-order valence-corrected chi connectivity index (χ1v) is 9.41. The first-order valence-electron chi connectivity index (χ1n) is 8.53. The second-order valence-corrected chi connectivity index (χ2v) is 7.94. The van der Waals surface area contributed by atoms with Crippen LogP contribution >= 0.6 is 11.3 Å². The van der Waals surface area contributed by atoms with Gasteiger partial charge >= 0.3 is 0 Å². The van der Waals surface area contributed by atoms with Gasteiger partial charge in [-0.25, -0.2) is 4.98 Å². The third-order valence-electron chi connectivity index (χ3n) is 4.67. The molecule has 3 aromatic rings. The Hall–Kier alpha value is -2.93. The lowest BCUT2D eigenvalue weighted by Gasteiger charge is -2.13. The van der Waals surface area contributed by atoms with E-state index in [2.05, 4.69) is 21.7 Å².